The molecule has 0 bridgehead atoms. The lowest BCUT2D eigenvalue weighted by Crippen LogP contribution is -2.09. The molecule has 0 aliphatic heterocycles. The summed E-state index contributed by atoms with van der Waals surface area (Å²) in [6.45, 7) is 2.02. The van der Waals surface area contributed by atoms with E-state index in [0.29, 0.717) is 0 Å². The molecule has 0 fully saturated rings. The van der Waals surface area contributed by atoms with Crippen molar-refractivity contribution < 1.29 is 0 Å². The molecule has 4 heteroatoms. The number of anilines is 1. The first-order valence-electron chi connectivity index (χ1n) is 8.22. The number of nitrogens with zero attached hydrogens (tertiary/aromatic N) is 3. The number of para-hydroxylation sites is 2. The number of fused-ring (bicyclic) bond motifs is 1. The van der Waals surface area contributed by atoms with Gasteiger partial charge in [0, 0.05) is 5.39 Å². The van der Waals surface area contributed by atoms with Gasteiger partial charge in [0.05, 0.1) is 17.1 Å². The van der Waals surface area contributed by atoms with Crippen LogP contribution in [-0.2, 0) is 0 Å². The molecule has 0 unspecified atom stereocenters. The molecule has 4 rings (SSSR count). The molecule has 0 atom stereocenters. The molecule has 3 aromatic carbocycles. The molecule has 0 amide bonds. The van der Waals surface area contributed by atoms with E-state index >= 15 is 0 Å². The summed E-state index contributed by atoms with van der Waals surface area (Å²) in [4.78, 5) is 0. The highest BCUT2D eigenvalue weighted by Crippen LogP contribution is 2.18. The van der Waals surface area contributed by atoms with Crippen molar-refractivity contribution in [3.63, 3.8) is 0 Å². The van der Waals surface area contributed by atoms with Gasteiger partial charge in [-0.05, 0) is 37.3 Å². The summed E-state index contributed by atoms with van der Waals surface area (Å²) in [7, 11) is 0. The Labute approximate surface area is 146 Å². The molecule has 4 aromatic rings. The number of nitrogens with one attached hydrogen (secondary N) is 1. The van der Waals surface area contributed by atoms with Gasteiger partial charge in [0.2, 0.25) is 0 Å². The van der Waals surface area contributed by atoms with Gasteiger partial charge in [-0.1, -0.05) is 54.6 Å². The summed E-state index contributed by atoms with van der Waals surface area (Å²) in [5, 5.41) is 11.3. The lowest BCUT2D eigenvalue weighted by Gasteiger charge is -2.03. The zero-order chi connectivity index (χ0) is 17.1. The summed E-state index contributed by atoms with van der Waals surface area (Å²) >= 11 is 0. The molecule has 122 valence electrons. The second-order valence-corrected chi connectivity index (χ2v) is 5.79. The van der Waals surface area contributed by atoms with Crippen molar-refractivity contribution in [1.29, 1.82) is 0 Å². The molecule has 0 aliphatic carbocycles. The maximum absolute atomic E-state index is 4.73. The minimum Gasteiger partial charge on any atom is -0.278 e. The van der Waals surface area contributed by atoms with Crippen LogP contribution >= 0.6 is 0 Å². The maximum atomic E-state index is 4.73. The summed E-state index contributed by atoms with van der Waals surface area (Å²) < 4.78 is 1.95. The Kier molecular flexibility index (Phi) is 4.01. The Morgan fingerprint density at radius 2 is 1.44 bits per heavy atom. The fourth-order valence-corrected chi connectivity index (χ4v) is 2.85. The number of hydrogen-bond acceptors (Lipinski definition) is 3. The van der Waals surface area contributed by atoms with Gasteiger partial charge in [-0.25, -0.2) is 4.68 Å². The fourth-order valence-electron chi connectivity index (χ4n) is 2.85. The van der Waals surface area contributed by atoms with E-state index in [4.69, 9.17) is 5.10 Å². The molecule has 25 heavy (non-hydrogen) atoms. The molecule has 0 saturated carbocycles. The second kappa shape index (κ2) is 6.61. The number of aryl methyl sites for hydroxylation is 1. The first kappa shape index (κ1) is 15.1. The van der Waals surface area contributed by atoms with Crippen LogP contribution in [0.15, 0.2) is 90.0 Å². The van der Waals surface area contributed by atoms with Gasteiger partial charge in [-0.3, -0.25) is 5.43 Å². The van der Waals surface area contributed by atoms with E-state index in [-0.39, 0.29) is 0 Å². The molecule has 0 spiro atoms. The Balaban J connectivity index is 1.95. The Bertz CT molecular complexity index is 1070. The highest BCUT2D eigenvalue weighted by molar-refractivity contribution is 5.82. The largest absolute Gasteiger partial charge is 0.278 e. The molecule has 0 radical (unpaired) electrons. The normalized spacial score (nSPS) is 11.6. The average molecular weight is 326 g/mol. The third-order valence-electron chi connectivity index (χ3n) is 4.06. The van der Waals surface area contributed by atoms with Crippen molar-refractivity contribution >= 4 is 16.6 Å². The van der Waals surface area contributed by atoms with Crippen molar-refractivity contribution in [3.8, 4) is 5.69 Å². The minimum atomic E-state index is 0.841. The van der Waals surface area contributed by atoms with Crippen molar-refractivity contribution in [2.45, 2.75) is 6.92 Å². The fraction of sp³-hybridized carbons (Fsp3) is 0.0476. The van der Waals surface area contributed by atoms with E-state index in [1.54, 1.807) is 0 Å². The Morgan fingerprint density at radius 3 is 2.20 bits per heavy atom. The van der Waals surface area contributed by atoms with Crippen molar-refractivity contribution in [2.75, 3.05) is 5.43 Å². The van der Waals surface area contributed by atoms with E-state index in [9.17, 15) is 0 Å². The van der Waals surface area contributed by atoms with E-state index in [2.05, 4.69) is 16.6 Å². The molecule has 4 nitrogen and oxygen atoms in total. The summed E-state index contributed by atoms with van der Waals surface area (Å²) in [5.41, 5.74) is 7.07. The molecule has 0 aliphatic rings. The van der Waals surface area contributed by atoms with Crippen LogP contribution in [0.5, 0.6) is 0 Å². The second-order valence-electron chi connectivity index (χ2n) is 5.79. The zero-order valence-electron chi connectivity index (χ0n) is 13.9. The highest BCUT2D eigenvalue weighted by Gasteiger charge is 2.09. The van der Waals surface area contributed by atoms with Crippen LogP contribution < -0.4 is 10.8 Å². The maximum Gasteiger partial charge on any atom is 0.110 e. The topological polar surface area (TPSA) is 42.2 Å². The van der Waals surface area contributed by atoms with Crippen molar-refractivity contribution in [2.24, 2.45) is 5.10 Å². The molecule has 1 N–H and O–H groups in total. The molecule has 1 aromatic heterocycles. The van der Waals surface area contributed by atoms with Crippen LogP contribution in [0.25, 0.3) is 16.6 Å². The lowest BCUT2D eigenvalue weighted by molar-refractivity contribution is 0.884. The summed E-state index contributed by atoms with van der Waals surface area (Å²) in [6.07, 6.45) is 0. The van der Waals surface area contributed by atoms with Gasteiger partial charge < -0.3 is 0 Å². The smallest absolute Gasteiger partial charge is 0.110 e. The van der Waals surface area contributed by atoms with E-state index in [0.717, 1.165) is 33.3 Å². The third kappa shape index (κ3) is 3.02. The first-order chi connectivity index (χ1) is 12.3. The SMILES string of the molecule is Cc1nn(-c2ccccc2)c2/c(=N/Nc3ccccc3)ccccc12. The van der Waals surface area contributed by atoms with Crippen LogP contribution in [0.1, 0.15) is 5.69 Å². The zero-order valence-corrected chi connectivity index (χ0v) is 13.9. The van der Waals surface area contributed by atoms with E-state index in [1.165, 1.54) is 0 Å². The Morgan fingerprint density at radius 1 is 0.800 bits per heavy atom. The van der Waals surface area contributed by atoms with E-state index < -0.39 is 0 Å². The number of aromatic nitrogens is 2. The van der Waals surface area contributed by atoms with Crippen LogP contribution in [0, 0.1) is 6.92 Å². The van der Waals surface area contributed by atoms with Gasteiger partial charge in [0.15, 0.2) is 0 Å². The van der Waals surface area contributed by atoms with Crippen LogP contribution in [-0.4, -0.2) is 9.78 Å². The summed E-state index contributed by atoms with van der Waals surface area (Å²) in [6, 6.07) is 28.2. The van der Waals surface area contributed by atoms with Crippen molar-refractivity contribution in [1.82, 2.24) is 9.78 Å². The lowest BCUT2D eigenvalue weighted by atomic mass is 10.2. The third-order valence-corrected chi connectivity index (χ3v) is 4.06. The average Bonchev–Trinajstić information content (AvgIpc) is 2.85. The number of rotatable bonds is 3. The van der Waals surface area contributed by atoms with Gasteiger partial charge in [-0.15, -0.1) is 0 Å². The highest BCUT2D eigenvalue weighted by atomic mass is 15.3. The van der Waals surface area contributed by atoms with E-state index in [1.807, 2.05) is 90.5 Å². The van der Waals surface area contributed by atoms with Crippen LogP contribution in [0.2, 0.25) is 0 Å². The standard InChI is InChI=1S/C21H18N4/c1-16-19-14-8-9-15-20(23-22-17-10-4-2-5-11-17)21(19)25(24-16)18-12-6-3-7-13-18/h2-15,22H,1H3/b23-20+. The van der Waals surface area contributed by atoms with Gasteiger partial charge in [-0.2, -0.15) is 10.2 Å². The minimum absolute atomic E-state index is 0.841. The Hall–Kier alpha value is -3.40. The summed E-state index contributed by atoms with van der Waals surface area (Å²) in [5.74, 6) is 0. The predicted molar refractivity (Wildman–Crippen MR) is 101 cm³/mol. The van der Waals surface area contributed by atoms with Gasteiger partial charge in [0.1, 0.15) is 10.9 Å². The molecule has 1 heterocycles. The van der Waals surface area contributed by atoms with Crippen LogP contribution in [0.3, 0.4) is 0 Å². The van der Waals surface area contributed by atoms with Crippen molar-refractivity contribution in [3.05, 3.63) is 96.0 Å². The molecular weight excluding hydrogens is 308 g/mol. The molecule has 0 saturated heterocycles. The quantitative estimate of drug-likeness (QED) is 0.572. The van der Waals surface area contributed by atoms with Gasteiger partial charge >= 0.3 is 0 Å². The number of benzene rings is 2. The number of hydrogen-bond donors (Lipinski definition) is 1. The van der Waals surface area contributed by atoms with Gasteiger partial charge in [0.25, 0.3) is 0 Å². The predicted octanol–water partition coefficient (Wildman–Crippen LogP) is 4.26. The first-order valence-corrected chi connectivity index (χ1v) is 8.22. The monoisotopic (exact) mass is 326 g/mol. The van der Waals surface area contributed by atoms with Crippen LogP contribution in [0.4, 0.5) is 5.69 Å². The molecular formula is C21H18N4.